The lowest BCUT2D eigenvalue weighted by molar-refractivity contribution is 0.752. The van der Waals surface area contributed by atoms with Crippen LogP contribution in [0, 0.1) is 6.92 Å². The molecule has 0 aliphatic heterocycles. The van der Waals surface area contributed by atoms with Crippen molar-refractivity contribution in [3.05, 3.63) is 29.3 Å². The third-order valence-corrected chi connectivity index (χ3v) is 4.07. The van der Waals surface area contributed by atoms with E-state index in [0.717, 1.165) is 13.0 Å². The summed E-state index contributed by atoms with van der Waals surface area (Å²) in [5, 5.41) is 3.53. The van der Waals surface area contributed by atoms with Gasteiger partial charge in [0.15, 0.2) is 0 Å². The molecular weight excluding hydrogens is 214 g/mol. The van der Waals surface area contributed by atoms with Crippen molar-refractivity contribution in [1.29, 1.82) is 0 Å². The van der Waals surface area contributed by atoms with Crippen molar-refractivity contribution in [3.8, 4) is 0 Å². The van der Waals surface area contributed by atoms with E-state index in [0.29, 0.717) is 0 Å². The molecule has 1 rings (SSSR count). The third kappa shape index (κ3) is 4.09. The van der Waals surface area contributed by atoms with Gasteiger partial charge in [-0.2, -0.15) is 11.8 Å². The molecule has 1 aromatic carbocycles. The molecule has 1 N–H and O–H groups in total. The van der Waals surface area contributed by atoms with Gasteiger partial charge in [0.05, 0.1) is 0 Å². The fourth-order valence-corrected chi connectivity index (χ4v) is 1.77. The van der Waals surface area contributed by atoms with Gasteiger partial charge in [-0.15, -0.1) is 0 Å². The van der Waals surface area contributed by atoms with Crippen LogP contribution in [-0.2, 0) is 6.42 Å². The fourth-order valence-electron chi connectivity index (χ4n) is 1.56. The average Bonchev–Trinajstić information content (AvgIpc) is 2.26. The van der Waals surface area contributed by atoms with E-state index in [2.05, 4.69) is 57.5 Å². The van der Waals surface area contributed by atoms with Crippen LogP contribution in [0.25, 0.3) is 0 Å². The van der Waals surface area contributed by atoms with Gasteiger partial charge < -0.3 is 5.32 Å². The Morgan fingerprint density at radius 3 is 2.50 bits per heavy atom. The van der Waals surface area contributed by atoms with Gasteiger partial charge in [0.25, 0.3) is 0 Å². The Kier molecular flexibility index (Phi) is 4.72. The van der Waals surface area contributed by atoms with Crippen molar-refractivity contribution in [1.82, 2.24) is 0 Å². The molecule has 0 aliphatic carbocycles. The minimum Gasteiger partial charge on any atom is -0.384 e. The second-order valence-electron chi connectivity index (χ2n) is 4.88. The minimum atomic E-state index is 0.288. The Bertz CT molecular complexity index is 345. The Morgan fingerprint density at radius 2 is 1.94 bits per heavy atom. The van der Waals surface area contributed by atoms with Crippen LogP contribution >= 0.6 is 11.8 Å². The highest BCUT2D eigenvalue weighted by molar-refractivity contribution is 7.99. The van der Waals surface area contributed by atoms with Crippen LogP contribution in [0.4, 0.5) is 5.69 Å². The number of anilines is 1. The summed E-state index contributed by atoms with van der Waals surface area (Å²) in [6.45, 7) is 9.89. The molecule has 2 heteroatoms. The number of hydrogen-bond acceptors (Lipinski definition) is 2. The maximum atomic E-state index is 3.53. The highest BCUT2D eigenvalue weighted by Crippen LogP contribution is 2.22. The summed E-state index contributed by atoms with van der Waals surface area (Å²) in [6.07, 6.45) is 3.26. The zero-order valence-electron chi connectivity index (χ0n) is 11.1. The molecule has 0 heterocycles. The molecule has 16 heavy (non-hydrogen) atoms. The lowest BCUT2D eigenvalue weighted by Crippen LogP contribution is -2.25. The normalized spacial score (nSPS) is 11.6. The van der Waals surface area contributed by atoms with Gasteiger partial charge >= 0.3 is 0 Å². The van der Waals surface area contributed by atoms with Crippen molar-refractivity contribution < 1.29 is 0 Å². The first-order chi connectivity index (χ1) is 7.46. The largest absolute Gasteiger partial charge is 0.384 e. The van der Waals surface area contributed by atoms with E-state index in [9.17, 15) is 0 Å². The van der Waals surface area contributed by atoms with Gasteiger partial charge in [0, 0.05) is 17.0 Å². The lowest BCUT2D eigenvalue weighted by Gasteiger charge is -2.23. The van der Waals surface area contributed by atoms with E-state index < -0.39 is 0 Å². The molecule has 0 fully saturated rings. The maximum absolute atomic E-state index is 3.53. The van der Waals surface area contributed by atoms with Gasteiger partial charge in [-0.25, -0.2) is 0 Å². The molecule has 1 nitrogen and oxygen atoms in total. The quantitative estimate of drug-likeness (QED) is 0.827. The number of aryl methyl sites for hydroxylation is 2. The summed E-state index contributed by atoms with van der Waals surface area (Å²) >= 11 is 1.90. The van der Waals surface area contributed by atoms with Gasteiger partial charge in [-0.05, 0) is 56.7 Å². The summed E-state index contributed by atoms with van der Waals surface area (Å²) in [4.78, 5) is 0. The first-order valence-electron chi connectivity index (χ1n) is 5.86. The molecule has 0 atom stereocenters. The van der Waals surface area contributed by atoms with Crippen molar-refractivity contribution in [2.24, 2.45) is 0 Å². The highest BCUT2D eigenvalue weighted by atomic mass is 32.2. The van der Waals surface area contributed by atoms with Crippen molar-refractivity contribution in [2.45, 2.75) is 38.9 Å². The van der Waals surface area contributed by atoms with Gasteiger partial charge in [0.1, 0.15) is 0 Å². The molecule has 0 amide bonds. The van der Waals surface area contributed by atoms with Gasteiger partial charge in [-0.3, -0.25) is 0 Å². The molecule has 0 saturated carbocycles. The fraction of sp³-hybridized carbons (Fsp3) is 0.571. The van der Waals surface area contributed by atoms with Gasteiger partial charge in [-0.1, -0.05) is 13.0 Å². The van der Waals surface area contributed by atoms with E-state index in [-0.39, 0.29) is 4.75 Å². The van der Waals surface area contributed by atoms with E-state index in [1.165, 1.54) is 16.8 Å². The molecular formula is C14H23NS. The van der Waals surface area contributed by atoms with Crippen LogP contribution in [0.5, 0.6) is 0 Å². The van der Waals surface area contributed by atoms with Crippen LogP contribution in [0.1, 0.15) is 31.9 Å². The molecule has 1 aromatic rings. The number of hydrogen-bond donors (Lipinski definition) is 1. The first kappa shape index (κ1) is 13.4. The summed E-state index contributed by atoms with van der Waals surface area (Å²) in [5.74, 6) is 0. The second kappa shape index (κ2) is 5.62. The summed E-state index contributed by atoms with van der Waals surface area (Å²) in [6, 6.07) is 6.73. The molecule has 90 valence electrons. The Labute approximate surface area is 104 Å². The average molecular weight is 237 g/mol. The predicted molar refractivity (Wildman–Crippen MR) is 76.6 cm³/mol. The molecule has 0 unspecified atom stereocenters. The van der Waals surface area contributed by atoms with E-state index in [1.807, 2.05) is 11.8 Å². The lowest BCUT2D eigenvalue weighted by atomic mass is 10.1. The monoisotopic (exact) mass is 237 g/mol. The van der Waals surface area contributed by atoms with Crippen LogP contribution in [-0.4, -0.2) is 17.5 Å². The van der Waals surface area contributed by atoms with Crippen LogP contribution in [0.15, 0.2) is 18.2 Å². The van der Waals surface area contributed by atoms with Crippen molar-refractivity contribution >= 4 is 17.4 Å². The van der Waals surface area contributed by atoms with E-state index in [4.69, 9.17) is 0 Å². The maximum Gasteiger partial charge on any atom is 0.0346 e. The Morgan fingerprint density at radius 1 is 1.25 bits per heavy atom. The highest BCUT2D eigenvalue weighted by Gasteiger charge is 2.15. The third-order valence-electron chi connectivity index (χ3n) is 2.82. The summed E-state index contributed by atoms with van der Waals surface area (Å²) < 4.78 is 0.288. The molecule has 0 aromatic heterocycles. The first-order valence-corrected chi connectivity index (χ1v) is 7.09. The van der Waals surface area contributed by atoms with Gasteiger partial charge in [0.2, 0.25) is 0 Å². The SMILES string of the molecule is CCc1cc(C)cc(NCC(C)(C)SC)c1. The smallest absolute Gasteiger partial charge is 0.0346 e. The predicted octanol–water partition coefficient (Wildman–Crippen LogP) is 4.11. The second-order valence-corrected chi connectivity index (χ2v) is 6.39. The number of nitrogens with one attached hydrogen (secondary N) is 1. The standard InChI is InChI=1S/C14H23NS/c1-6-12-7-11(2)8-13(9-12)15-10-14(3,4)16-5/h7-9,15H,6,10H2,1-5H3. The topological polar surface area (TPSA) is 12.0 Å². The van der Waals surface area contributed by atoms with Crippen molar-refractivity contribution in [2.75, 3.05) is 18.1 Å². The Hall–Kier alpha value is -0.630. The van der Waals surface area contributed by atoms with Crippen LogP contribution < -0.4 is 5.32 Å². The Balaban J connectivity index is 2.70. The van der Waals surface area contributed by atoms with Crippen LogP contribution in [0.3, 0.4) is 0 Å². The molecule has 0 aliphatic rings. The molecule has 0 radical (unpaired) electrons. The number of rotatable bonds is 5. The van der Waals surface area contributed by atoms with Crippen molar-refractivity contribution in [3.63, 3.8) is 0 Å². The summed E-state index contributed by atoms with van der Waals surface area (Å²) in [5.41, 5.74) is 3.99. The molecule has 0 saturated heterocycles. The van der Waals surface area contributed by atoms with E-state index in [1.54, 1.807) is 0 Å². The molecule has 0 bridgehead atoms. The number of benzene rings is 1. The van der Waals surface area contributed by atoms with E-state index >= 15 is 0 Å². The minimum absolute atomic E-state index is 0.288. The zero-order chi connectivity index (χ0) is 12.2. The zero-order valence-corrected chi connectivity index (χ0v) is 11.9. The van der Waals surface area contributed by atoms with Crippen LogP contribution in [0.2, 0.25) is 0 Å². The molecule has 0 spiro atoms. The summed E-state index contributed by atoms with van der Waals surface area (Å²) in [7, 11) is 0. The number of thioether (sulfide) groups is 1.